The zero-order valence-corrected chi connectivity index (χ0v) is 7.68. The number of hydrogen-bond donors (Lipinski definition) is 0. The number of hydrogen-bond acceptors (Lipinski definition) is 0. The molecule has 0 aromatic heterocycles. The van der Waals surface area contributed by atoms with E-state index in [1.54, 1.807) is 6.08 Å². The highest BCUT2D eigenvalue weighted by atomic mass is 16.3. The van der Waals surface area contributed by atoms with Crippen molar-refractivity contribution in [3.05, 3.63) is 12.2 Å². The molecule has 0 fully saturated rings. The van der Waals surface area contributed by atoms with Crippen molar-refractivity contribution in [1.29, 1.82) is 0 Å². The third-order valence-electron chi connectivity index (χ3n) is 1.73. The highest BCUT2D eigenvalue weighted by Crippen LogP contribution is 2.01. The Morgan fingerprint density at radius 1 is 1.27 bits per heavy atom. The van der Waals surface area contributed by atoms with E-state index in [4.69, 9.17) is 0 Å². The van der Waals surface area contributed by atoms with Gasteiger partial charge in [-0.05, 0) is 19.3 Å². The topological polar surface area (TPSA) is 19.9 Å². The van der Waals surface area contributed by atoms with Gasteiger partial charge in [0.1, 0.15) is 6.10 Å². The van der Waals surface area contributed by atoms with Crippen LogP contribution < -0.4 is 0 Å². The van der Waals surface area contributed by atoms with Gasteiger partial charge < -0.3 is 0 Å². The van der Waals surface area contributed by atoms with Crippen molar-refractivity contribution in [1.82, 2.24) is 0 Å². The Morgan fingerprint density at radius 2 is 2.00 bits per heavy atom. The van der Waals surface area contributed by atoms with Crippen LogP contribution >= 0.6 is 0 Å². The zero-order valence-electron chi connectivity index (χ0n) is 7.68. The summed E-state index contributed by atoms with van der Waals surface area (Å²) in [5.74, 6) is 0. The molecular formula is C10H19O. The Bertz CT molecular complexity index is 97.0. The van der Waals surface area contributed by atoms with Crippen LogP contribution in [0.3, 0.4) is 0 Å². The third-order valence-corrected chi connectivity index (χ3v) is 1.73. The molecule has 0 aromatic rings. The molecule has 0 aromatic carbocycles. The normalized spacial score (nSPS) is 14.1. The van der Waals surface area contributed by atoms with Crippen molar-refractivity contribution in [3.63, 3.8) is 0 Å². The molecule has 1 heteroatoms. The van der Waals surface area contributed by atoms with Crippen LogP contribution in [0.15, 0.2) is 12.2 Å². The van der Waals surface area contributed by atoms with Crippen molar-refractivity contribution >= 4 is 0 Å². The number of allylic oxidation sites excluding steroid dienone is 1. The minimum atomic E-state index is -0.475. The summed E-state index contributed by atoms with van der Waals surface area (Å²) < 4.78 is 0. The maximum atomic E-state index is 10.8. The summed E-state index contributed by atoms with van der Waals surface area (Å²) in [5.41, 5.74) is 0. The SMILES string of the molecule is CCCCCC=CC([O])CC. The summed E-state index contributed by atoms with van der Waals surface area (Å²) in [4.78, 5) is 0. The minimum Gasteiger partial charge on any atom is -0.229 e. The first kappa shape index (κ1) is 10.7. The van der Waals surface area contributed by atoms with Crippen molar-refractivity contribution in [2.24, 2.45) is 0 Å². The second-order valence-electron chi connectivity index (χ2n) is 2.87. The molecular weight excluding hydrogens is 136 g/mol. The minimum absolute atomic E-state index is 0.475. The molecule has 0 N–H and O–H groups in total. The van der Waals surface area contributed by atoms with Crippen molar-refractivity contribution < 1.29 is 5.11 Å². The van der Waals surface area contributed by atoms with Gasteiger partial charge in [0.2, 0.25) is 0 Å². The molecule has 0 aliphatic heterocycles. The van der Waals surface area contributed by atoms with E-state index < -0.39 is 6.10 Å². The van der Waals surface area contributed by atoms with E-state index in [9.17, 15) is 5.11 Å². The summed E-state index contributed by atoms with van der Waals surface area (Å²) in [6.07, 6.45) is 8.88. The lowest BCUT2D eigenvalue weighted by molar-refractivity contribution is 0.126. The highest BCUT2D eigenvalue weighted by Gasteiger charge is 1.93. The van der Waals surface area contributed by atoms with Gasteiger partial charge in [-0.25, -0.2) is 5.11 Å². The molecule has 0 rings (SSSR count). The Labute approximate surface area is 70.1 Å². The average molecular weight is 155 g/mol. The maximum absolute atomic E-state index is 10.8. The number of unbranched alkanes of at least 4 members (excludes halogenated alkanes) is 3. The van der Waals surface area contributed by atoms with Crippen LogP contribution in [0.5, 0.6) is 0 Å². The van der Waals surface area contributed by atoms with Gasteiger partial charge in [0, 0.05) is 0 Å². The van der Waals surface area contributed by atoms with E-state index in [-0.39, 0.29) is 0 Å². The van der Waals surface area contributed by atoms with E-state index in [1.807, 2.05) is 13.0 Å². The van der Waals surface area contributed by atoms with Gasteiger partial charge in [0.25, 0.3) is 0 Å². The largest absolute Gasteiger partial charge is 0.229 e. The van der Waals surface area contributed by atoms with Crippen molar-refractivity contribution in [2.45, 2.75) is 52.1 Å². The summed E-state index contributed by atoms with van der Waals surface area (Å²) in [7, 11) is 0. The molecule has 0 aliphatic carbocycles. The first-order valence-electron chi connectivity index (χ1n) is 4.63. The van der Waals surface area contributed by atoms with Gasteiger partial charge in [-0.15, -0.1) is 0 Å². The fraction of sp³-hybridized carbons (Fsp3) is 0.800. The molecule has 0 bridgehead atoms. The lowest BCUT2D eigenvalue weighted by Gasteiger charge is -1.95. The molecule has 1 unspecified atom stereocenters. The van der Waals surface area contributed by atoms with Gasteiger partial charge in [-0.2, -0.15) is 0 Å². The smallest absolute Gasteiger partial charge is 0.111 e. The molecule has 0 saturated carbocycles. The molecule has 0 spiro atoms. The maximum Gasteiger partial charge on any atom is 0.111 e. The second-order valence-corrected chi connectivity index (χ2v) is 2.87. The third kappa shape index (κ3) is 7.60. The summed E-state index contributed by atoms with van der Waals surface area (Å²) in [6.45, 7) is 4.11. The number of rotatable bonds is 6. The molecule has 0 amide bonds. The molecule has 0 heterocycles. The first-order valence-corrected chi connectivity index (χ1v) is 4.63. The van der Waals surface area contributed by atoms with E-state index in [0.29, 0.717) is 6.42 Å². The molecule has 1 atom stereocenters. The quantitative estimate of drug-likeness (QED) is 0.414. The molecule has 65 valence electrons. The lowest BCUT2D eigenvalue weighted by atomic mass is 10.2. The standard InChI is InChI=1S/C10H19O/c1-3-5-6-7-8-9-10(11)4-2/h8-10H,3-7H2,1-2H3. The van der Waals surface area contributed by atoms with Gasteiger partial charge in [0.15, 0.2) is 0 Å². The Morgan fingerprint density at radius 3 is 2.55 bits per heavy atom. The molecule has 11 heavy (non-hydrogen) atoms. The van der Waals surface area contributed by atoms with E-state index >= 15 is 0 Å². The molecule has 1 radical (unpaired) electrons. The summed E-state index contributed by atoms with van der Waals surface area (Å²) in [5, 5.41) is 10.8. The second kappa shape index (κ2) is 7.80. The highest BCUT2D eigenvalue weighted by molar-refractivity contribution is 4.87. The predicted octanol–water partition coefficient (Wildman–Crippen LogP) is 3.33. The fourth-order valence-corrected chi connectivity index (χ4v) is 0.896. The fourth-order valence-electron chi connectivity index (χ4n) is 0.896. The van der Waals surface area contributed by atoms with Crippen molar-refractivity contribution in [3.8, 4) is 0 Å². The lowest BCUT2D eigenvalue weighted by Crippen LogP contribution is -1.95. The van der Waals surface area contributed by atoms with Crippen LogP contribution in [-0.2, 0) is 5.11 Å². The van der Waals surface area contributed by atoms with Crippen LogP contribution in [-0.4, -0.2) is 6.10 Å². The van der Waals surface area contributed by atoms with Gasteiger partial charge in [-0.1, -0.05) is 38.8 Å². The van der Waals surface area contributed by atoms with Crippen LogP contribution in [0.2, 0.25) is 0 Å². The van der Waals surface area contributed by atoms with Gasteiger partial charge in [-0.3, -0.25) is 0 Å². The monoisotopic (exact) mass is 155 g/mol. The van der Waals surface area contributed by atoms with Crippen LogP contribution in [0.4, 0.5) is 0 Å². The van der Waals surface area contributed by atoms with Gasteiger partial charge >= 0.3 is 0 Å². The summed E-state index contributed by atoms with van der Waals surface area (Å²) >= 11 is 0. The zero-order chi connectivity index (χ0) is 8.53. The molecule has 0 saturated heterocycles. The van der Waals surface area contributed by atoms with E-state index in [0.717, 1.165) is 6.42 Å². The van der Waals surface area contributed by atoms with E-state index in [1.165, 1.54) is 19.3 Å². The van der Waals surface area contributed by atoms with Crippen molar-refractivity contribution in [2.75, 3.05) is 0 Å². The summed E-state index contributed by atoms with van der Waals surface area (Å²) in [6, 6.07) is 0. The Balaban J connectivity index is 3.15. The van der Waals surface area contributed by atoms with Gasteiger partial charge in [0.05, 0.1) is 0 Å². The molecule has 0 aliphatic rings. The van der Waals surface area contributed by atoms with Crippen LogP contribution in [0, 0.1) is 0 Å². The predicted molar refractivity (Wildman–Crippen MR) is 48.0 cm³/mol. The van der Waals surface area contributed by atoms with Crippen LogP contribution in [0.1, 0.15) is 46.0 Å². The Kier molecular flexibility index (Phi) is 7.59. The van der Waals surface area contributed by atoms with Crippen LogP contribution in [0.25, 0.3) is 0 Å². The first-order chi connectivity index (χ1) is 5.31. The Hall–Kier alpha value is -0.300. The average Bonchev–Trinajstić information content (AvgIpc) is 2.04. The van der Waals surface area contributed by atoms with E-state index in [2.05, 4.69) is 6.92 Å². The molecule has 1 nitrogen and oxygen atoms in total.